The van der Waals surface area contributed by atoms with Crippen LogP contribution in [0, 0.1) is 0 Å². The van der Waals surface area contributed by atoms with Crippen molar-refractivity contribution in [2.75, 3.05) is 0 Å². The minimum absolute atomic E-state index is 0.0840. The van der Waals surface area contributed by atoms with Crippen molar-refractivity contribution in [2.45, 2.75) is 73.0 Å². The Bertz CT molecular complexity index is 1380. The van der Waals surface area contributed by atoms with Gasteiger partial charge in [0.05, 0.1) is 59.8 Å². The Balaban J connectivity index is 1.64. The van der Waals surface area contributed by atoms with Crippen molar-refractivity contribution in [3.8, 4) is 0 Å². The van der Waals surface area contributed by atoms with E-state index in [1.165, 1.54) is 33.4 Å². The van der Waals surface area contributed by atoms with E-state index in [0.717, 1.165) is 54.9 Å². The molecule has 0 fully saturated rings. The number of rotatable bonds is 12. The van der Waals surface area contributed by atoms with Crippen LogP contribution in [0.5, 0.6) is 0 Å². The summed E-state index contributed by atoms with van der Waals surface area (Å²) in [5.74, 6) is 0. The zero-order chi connectivity index (χ0) is 29.2. The zero-order valence-corrected chi connectivity index (χ0v) is 24.6. The molecule has 2 heterocycles. The fraction of sp³-hybridized carbons (Fsp3) is 0.314. The summed E-state index contributed by atoms with van der Waals surface area (Å²) in [7, 11) is 0. The molecule has 2 aromatic carbocycles. The van der Waals surface area contributed by atoms with Crippen molar-refractivity contribution < 1.29 is 10.2 Å². The zero-order valence-electron chi connectivity index (χ0n) is 24.6. The van der Waals surface area contributed by atoms with Gasteiger partial charge in [0.15, 0.2) is 0 Å². The highest BCUT2D eigenvalue weighted by atomic mass is 16.3. The molecule has 0 aliphatic rings. The Labute approximate surface area is 243 Å². The van der Waals surface area contributed by atoms with Crippen LogP contribution in [0.3, 0.4) is 0 Å². The van der Waals surface area contributed by atoms with Crippen molar-refractivity contribution in [3.63, 3.8) is 0 Å². The molecule has 0 spiro atoms. The Kier molecular flexibility index (Phi) is 10.7. The topological polar surface area (TPSA) is 91.0 Å². The lowest BCUT2D eigenvalue weighted by Gasteiger charge is -2.15. The first-order valence-electron chi connectivity index (χ1n) is 14.5. The fourth-order valence-corrected chi connectivity index (χ4v) is 5.09. The van der Waals surface area contributed by atoms with E-state index in [9.17, 15) is 10.2 Å². The van der Waals surface area contributed by atoms with Gasteiger partial charge < -0.3 is 10.2 Å². The molecule has 0 amide bonds. The molecule has 6 nitrogen and oxygen atoms in total. The summed E-state index contributed by atoms with van der Waals surface area (Å²) in [5.41, 5.74) is 12.2. The Hall–Kier alpha value is -4.00. The van der Waals surface area contributed by atoms with E-state index >= 15 is 0 Å². The third-order valence-electron chi connectivity index (χ3n) is 7.22. The molecule has 0 saturated heterocycles. The lowest BCUT2D eigenvalue weighted by Crippen LogP contribution is -1.99. The van der Waals surface area contributed by atoms with Gasteiger partial charge in [0.25, 0.3) is 0 Å². The number of aromatic nitrogens is 2. The maximum atomic E-state index is 9.41. The molecule has 4 rings (SSSR count). The number of benzene rings is 2. The molecule has 0 aliphatic carbocycles. The van der Waals surface area contributed by atoms with Crippen LogP contribution in [0.2, 0.25) is 0 Å². The van der Waals surface area contributed by atoms with Crippen LogP contribution in [0.15, 0.2) is 70.6 Å². The van der Waals surface area contributed by atoms with E-state index in [2.05, 4.69) is 61.9 Å². The molecular weight excluding hydrogens is 508 g/mol. The SMILES string of the molecule is CCc1cc(Cc2cc(CC)c(N=Cc3cccc(CO)n3)c(CC)c2)cc(CC)c1N=Cc1cccc(CO)n1. The van der Waals surface area contributed by atoms with Crippen LogP contribution in [-0.4, -0.2) is 32.6 Å². The smallest absolute Gasteiger partial charge is 0.0853 e. The van der Waals surface area contributed by atoms with Crippen molar-refractivity contribution in [3.05, 3.63) is 117 Å². The first kappa shape index (κ1) is 30.0. The second-order valence-electron chi connectivity index (χ2n) is 10.1. The number of hydrogen-bond donors (Lipinski definition) is 2. The van der Waals surface area contributed by atoms with Gasteiger partial charge >= 0.3 is 0 Å². The van der Waals surface area contributed by atoms with E-state index in [1.54, 1.807) is 12.4 Å². The number of aliphatic hydroxyl groups is 2. The molecule has 4 aromatic rings. The van der Waals surface area contributed by atoms with E-state index in [0.29, 0.717) is 11.4 Å². The molecular formula is C35H40N4O2. The molecule has 0 saturated carbocycles. The van der Waals surface area contributed by atoms with Crippen LogP contribution in [-0.2, 0) is 45.3 Å². The van der Waals surface area contributed by atoms with Crippen LogP contribution in [0.25, 0.3) is 0 Å². The molecule has 0 atom stereocenters. The third kappa shape index (κ3) is 7.60. The molecule has 0 unspecified atom stereocenters. The molecule has 0 bridgehead atoms. The van der Waals surface area contributed by atoms with Gasteiger partial charge in [-0.25, -0.2) is 9.97 Å². The monoisotopic (exact) mass is 548 g/mol. The van der Waals surface area contributed by atoms with E-state index in [4.69, 9.17) is 9.98 Å². The number of pyridine rings is 2. The second kappa shape index (κ2) is 14.6. The van der Waals surface area contributed by atoms with Crippen molar-refractivity contribution in [1.82, 2.24) is 9.97 Å². The van der Waals surface area contributed by atoms with Crippen LogP contribution in [0.4, 0.5) is 11.4 Å². The summed E-state index contributed by atoms with van der Waals surface area (Å²) < 4.78 is 0. The maximum Gasteiger partial charge on any atom is 0.0853 e. The standard InChI is InChI=1S/C35H40N4O2/c1-5-26-16-24(17-27(6-2)34(26)36-20-30-11-9-13-32(22-40)38-30)15-25-18-28(7-3)35(29(8-4)19-25)37-21-31-12-10-14-33(23-41)39-31/h9-14,16-21,40-41H,5-8,15,22-23H2,1-4H3. The predicted molar refractivity (Wildman–Crippen MR) is 168 cm³/mol. The van der Waals surface area contributed by atoms with Gasteiger partial charge in [-0.05, 0) is 89.8 Å². The largest absolute Gasteiger partial charge is 0.390 e. The average molecular weight is 549 g/mol. The van der Waals surface area contributed by atoms with Crippen LogP contribution >= 0.6 is 0 Å². The average Bonchev–Trinajstić information content (AvgIpc) is 3.02. The Morgan fingerprint density at radius 1 is 0.585 bits per heavy atom. The molecule has 41 heavy (non-hydrogen) atoms. The molecule has 2 aromatic heterocycles. The maximum absolute atomic E-state index is 9.41. The summed E-state index contributed by atoms with van der Waals surface area (Å²) in [6.45, 7) is 8.52. The van der Waals surface area contributed by atoms with E-state index in [1.807, 2.05) is 36.4 Å². The summed E-state index contributed by atoms with van der Waals surface area (Å²) in [5, 5.41) is 18.8. The first-order chi connectivity index (χ1) is 20.0. The molecule has 2 N–H and O–H groups in total. The lowest BCUT2D eigenvalue weighted by atomic mass is 9.92. The van der Waals surface area contributed by atoms with Gasteiger partial charge in [-0.2, -0.15) is 0 Å². The van der Waals surface area contributed by atoms with E-state index in [-0.39, 0.29) is 13.2 Å². The van der Waals surface area contributed by atoms with Gasteiger partial charge in [0, 0.05) is 0 Å². The lowest BCUT2D eigenvalue weighted by molar-refractivity contribution is 0.276. The summed E-state index contributed by atoms with van der Waals surface area (Å²) >= 11 is 0. The predicted octanol–water partition coefficient (Wildman–Crippen LogP) is 6.80. The van der Waals surface area contributed by atoms with Gasteiger partial charge in [0.1, 0.15) is 0 Å². The van der Waals surface area contributed by atoms with Gasteiger partial charge in [0.2, 0.25) is 0 Å². The molecule has 0 radical (unpaired) electrons. The first-order valence-corrected chi connectivity index (χ1v) is 14.5. The number of aliphatic imine (C=N–C) groups is 2. The molecule has 0 aliphatic heterocycles. The number of hydrogen-bond acceptors (Lipinski definition) is 6. The minimum Gasteiger partial charge on any atom is -0.390 e. The fourth-order valence-electron chi connectivity index (χ4n) is 5.09. The highest BCUT2D eigenvalue weighted by molar-refractivity contribution is 5.81. The summed E-state index contributed by atoms with van der Waals surface area (Å²) in [4.78, 5) is 18.6. The Morgan fingerprint density at radius 3 is 1.27 bits per heavy atom. The van der Waals surface area contributed by atoms with Gasteiger partial charge in [-0.15, -0.1) is 0 Å². The second-order valence-corrected chi connectivity index (χ2v) is 10.1. The number of aliphatic hydroxyl groups excluding tert-OH is 2. The van der Waals surface area contributed by atoms with E-state index < -0.39 is 0 Å². The molecule has 212 valence electrons. The van der Waals surface area contributed by atoms with Gasteiger partial charge in [-0.3, -0.25) is 9.98 Å². The Morgan fingerprint density at radius 2 is 0.951 bits per heavy atom. The van der Waals surface area contributed by atoms with Crippen molar-refractivity contribution in [2.24, 2.45) is 9.98 Å². The summed E-state index contributed by atoms with van der Waals surface area (Å²) in [6.07, 6.45) is 7.97. The van der Waals surface area contributed by atoms with Crippen molar-refractivity contribution in [1.29, 1.82) is 0 Å². The normalized spacial score (nSPS) is 11.7. The van der Waals surface area contributed by atoms with Crippen LogP contribution in [0.1, 0.15) is 83.9 Å². The van der Waals surface area contributed by atoms with Crippen molar-refractivity contribution >= 4 is 23.8 Å². The van der Waals surface area contributed by atoms with Crippen LogP contribution < -0.4 is 0 Å². The number of aryl methyl sites for hydroxylation is 4. The van der Waals surface area contributed by atoms with Gasteiger partial charge in [-0.1, -0.05) is 64.1 Å². The number of nitrogens with zero attached hydrogens (tertiary/aromatic N) is 4. The highest BCUT2D eigenvalue weighted by Gasteiger charge is 2.12. The minimum atomic E-state index is -0.0840. The highest BCUT2D eigenvalue weighted by Crippen LogP contribution is 2.32. The molecule has 6 heteroatoms. The third-order valence-corrected chi connectivity index (χ3v) is 7.22. The quantitative estimate of drug-likeness (QED) is 0.190. The summed E-state index contributed by atoms with van der Waals surface area (Å²) in [6, 6.07) is 20.3.